The summed E-state index contributed by atoms with van der Waals surface area (Å²) in [6.07, 6.45) is 1.33. The third-order valence-corrected chi connectivity index (χ3v) is 3.01. The highest BCUT2D eigenvalue weighted by molar-refractivity contribution is 5.81. The van der Waals surface area contributed by atoms with Crippen LogP contribution >= 0.6 is 0 Å². The van der Waals surface area contributed by atoms with E-state index in [0.29, 0.717) is 12.2 Å². The molecule has 5 nitrogen and oxygen atoms in total. The summed E-state index contributed by atoms with van der Waals surface area (Å²) in [6.45, 7) is 9.57. The summed E-state index contributed by atoms with van der Waals surface area (Å²) in [4.78, 5) is 20.2. The van der Waals surface area contributed by atoms with E-state index in [0.717, 1.165) is 17.9 Å². The van der Waals surface area contributed by atoms with Gasteiger partial charge in [0.15, 0.2) is 0 Å². The number of aromatic nitrogens is 2. The highest BCUT2D eigenvalue weighted by atomic mass is 16.4. The molecule has 1 unspecified atom stereocenters. The molecule has 1 aromatic rings. The van der Waals surface area contributed by atoms with Crippen LogP contribution in [0.5, 0.6) is 0 Å². The van der Waals surface area contributed by atoms with E-state index in [9.17, 15) is 9.90 Å². The van der Waals surface area contributed by atoms with Crippen LogP contribution in [0.1, 0.15) is 58.0 Å². The maximum absolute atomic E-state index is 11.4. The minimum absolute atomic E-state index is 0.211. The van der Waals surface area contributed by atoms with Crippen LogP contribution in [0.4, 0.5) is 5.82 Å². The molecule has 0 aliphatic carbocycles. The minimum Gasteiger partial charge on any atom is -0.480 e. The van der Waals surface area contributed by atoms with Crippen LogP contribution in [0.3, 0.4) is 0 Å². The van der Waals surface area contributed by atoms with Gasteiger partial charge in [0, 0.05) is 17.7 Å². The number of aliphatic carboxylic acids is 1. The minimum atomic E-state index is -0.996. The fourth-order valence-electron chi connectivity index (χ4n) is 1.92. The summed E-state index contributed by atoms with van der Waals surface area (Å²) < 4.78 is 0. The molecule has 1 rings (SSSR count). The second-order valence-corrected chi connectivity index (χ2v) is 5.42. The third kappa shape index (κ3) is 3.91. The van der Waals surface area contributed by atoms with Crippen LogP contribution in [0.2, 0.25) is 0 Å². The van der Waals surface area contributed by atoms with Gasteiger partial charge in [-0.3, -0.25) is 0 Å². The van der Waals surface area contributed by atoms with E-state index in [-0.39, 0.29) is 5.92 Å². The van der Waals surface area contributed by atoms with Crippen LogP contribution in [0.25, 0.3) is 0 Å². The number of anilines is 1. The molecule has 0 radical (unpaired) electrons. The van der Waals surface area contributed by atoms with E-state index in [4.69, 9.17) is 0 Å². The first-order chi connectivity index (χ1) is 8.78. The number of nitrogens with one attached hydrogen (secondary N) is 1. The number of rotatable bonds is 6. The first-order valence-electron chi connectivity index (χ1n) is 6.65. The summed E-state index contributed by atoms with van der Waals surface area (Å²) in [5, 5.41) is 12.4. The number of hydrogen-bond acceptors (Lipinski definition) is 4. The quantitative estimate of drug-likeness (QED) is 0.827. The first-order valence-corrected chi connectivity index (χ1v) is 6.65. The lowest BCUT2D eigenvalue weighted by Gasteiger charge is -2.26. The van der Waals surface area contributed by atoms with Crippen molar-refractivity contribution in [3.8, 4) is 0 Å². The molecule has 0 aliphatic heterocycles. The standard InChI is InChI=1S/C14H23N3O2/c1-6-7-14(5,13(18)19)17-11-8-10(4)15-12(16-11)9(2)3/h8-9H,6-7H2,1-5H3,(H,18,19)(H,15,16,17). The smallest absolute Gasteiger partial charge is 0.329 e. The zero-order valence-electron chi connectivity index (χ0n) is 12.3. The van der Waals surface area contributed by atoms with Crippen molar-refractivity contribution < 1.29 is 9.90 Å². The molecule has 0 saturated heterocycles. The molecule has 0 amide bonds. The molecule has 1 atom stereocenters. The van der Waals surface area contributed by atoms with Gasteiger partial charge in [0.05, 0.1) is 0 Å². The zero-order chi connectivity index (χ0) is 14.6. The molecule has 5 heteroatoms. The lowest BCUT2D eigenvalue weighted by Crippen LogP contribution is -2.43. The Labute approximate surface area is 114 Å². The predicted octanol–water partition coefficient (Wildman–Crippen LogP) is 2.96. The van der Waals surface area contributed by atoms with E-state index >= 15 is 0 Å². The van der Waals surface area contributed by atoms with Crippen molar-refractivity contribution in [1.29, 1.82) is 0 Å². The van der Waals surface area contributed by atoms with Crippen molar-refractivity contribution in [2.75, 3.05) is 5.32 Å². The van der Waals surface area contributed by atoms with Gasteiger partial charge in [-0.2, -0.15) is 0 Å². The number of nitrogens with zero attached hydrogens (tertiary/aromatic N) is 2. The highest BCUT2D eigenvalue weighted by Gasteiger charge is 2.32. The largest absolute Gasteiger partial charge is 0.480 e. The Morgan fingerprint density at radius 1 is 1.47 bits per heavy atom. The topological polar surface area (TPSA) is 75.1 Å². The van der Waals surface area contributed by atoms with Gasteiger partial charge in [0.1, 0.15) is 17.2 Å². The van der Waals surface area contributed by atoms with Gasteiger partial charge in [0.25, 0.3) is 0 Å². The maximum atomic E-state index is 11.4. The number of carboxylic acids is 1. The van der Waals surface area contributed by atoms with Crippen molar-refractivity contribution >= 4 is 11.8 Å². The molecule has 0 saturated carbocycles. The van der Waals surface area contributed by atoms with Gasteiger partial charge >= 0.3 is 5.97 Å². The molecule has 1 aromatic heterocycles. The molecule has 0 spiro atoms. The van der Waals surface area contributed by atoms with E-state index in [2.05, 4.69) is 15.3 Å². The molecular formula is C14H23N3O2. The third-order valence-electron chi connectivity index (χ3n) is 3.01. The summed E-state index contributed by atoms with van der Waals surface area (Å²) >= 11 is 0. The summed E-state index contributed by atoms with van der Waals surface area (Å²) in [7, 11) is 0. The predicted molar refractivity (Wildman–Crippen MR) is 75.4 cm³/mol. The number of hydrogen-bond donors (Lipinski definition) is 2. The van der Waals surface area contributed by atoms with E-state index in [1.807, 2.05) is 27.7 Å². The lowest BCUT2D eigenvalue weighted by atomic mass is 9.96. The molecular weight excluding hydrogens is 242 g/mol. The molecule has 19 heavy (non-hydrogen) atoms. The Kier molecular flexibility index (Phi) is 4.86. The summed E-state index contributed by atoms with van der Waals surface area (Å²) in [5.74, 6) is 0.653. The van der Waals surface area contributed by atoms with Crippen molar-refractivity contribution in [2.45, 2.75) is 58.9 Å². The second kappa shape index (κ2) is 5.99. The highest BCUT2D eigenvalue weighted by Crippen LogP contribution is 2.21. The zero-order valence-corrected chi connectivity index (χ0v) is 12.3. The van der Waals surface area contributed by atoms with E-state index < -0.39 is 11.5 Å². The molecule has 0 fully saturated rings. The molecule has 0 bridgehead atoms. The van der Waals surface area contributed by atoms with Crippen molar-refractivity contribution in [1.82, 2.24) is 9.97 Å². The van der Waals surface area contributed by atoms with Crippen molar-refractivity contribution in [3.05, 3.63) is 17.6 Å². The lowest BCUT2D eigenvalue weighted by molar-refractivity contribution is -0.142. The first kappa shape index (κ1) is 15.4. The summed E-state index contributed by atoms with van der Waals surface area (Å²) in [6, 6.07) is 1.78. The molecule has 106 valence electrons. The van der Waals surface area contributed by atoms with Crippen LogP contribution in [-0.4, -0.2) is 26.6 Å². The average Bonchev–Trinajstić information content (AvgIpc) is 2.27. The van der Waals surface area contributed by atoms with Crippen LogP contribution in [0, 0.1) is 6.92 Å². The maximum Gasteiger partial charge on any atom is 0.329 e. The van der Waals surface area contributed by atoms with Gasteiger partial charge in [-0.15, -0.1) is 0 Å². The Morgan fingerprint density at radius 3 is 2.58 bits per heavy atom. The normalized spacial score (nSPS) is 14.2. The van der Waals surface area contributed by atoms with Crippen molar-refractivity contribution in [3.63, 3.8) is 0 Å². The van der Waals surface area contributed by atoms with Crippen LogP contribution < -0.4 is 5.32 Å². The molecule has 2 N–H and O–H groups in total. The van der Waals surface area contributed by atoms with Gasteiger partial charge in [-0.25, -0.2) is 14.8 Å². The van der Waals surface area contributed by atoms with Gasteiger partial charge in [-0.05, 0) is 20.3 Å². The molecule has 0 aromatic carbocycles. The van der Waals surface area contributed by atoms with Gasteiger partial charge in [0.2, 0.25) is 0 Å². The fraction of sp³-hybridized carbons (Fsp3) is 0.643. The Morgan fingerprint density at radius 2 is 2.11 bits per heavy atom. The van der Waals surface area contributed by atoms with E-state index in [1.165, 1.54) is 0 Å². The molecule has 0 aliphatic rings. The number of aryl methyl sites for hydroxylation is 1. The molecule has 1 heterocycles. The average molecular weight is 265 g/mol. The number of carbonyl (C=O) groups is 1. The number of carboxylic acid groups (broad SMARTS) is 1. The Bertz CT molecular complexity index is 460. The van der Waals surface area contributed by atoms with Crippen molar-refractivity contribution in [2.24, 2.45) is 0 Å². The van der Waals surface area contributed by atoms with Crippen LogP contribution in [0.15, 0.2) is 6.07 Å². The Balaban J connectivity index is 3.06. The van der Waals surface area contributed by atoms with Gasteiger partial charge in [-0.1, -0.05) is 27.2 Å². The van der Waals surface area contributed by atoms with Crippen LogP contribution in [-0.2, 0) is 4.79 Å². The second-order valence-electron chi connectivity index (χ2n) is 5.42. The van der Waals surface area contributed by atoms with E-state index in [1.54, 1.807) is 13.0 Å². The Hall–Kier alpha value is -1.65. The SMILES string of the molecule is CCCC(C)(Nc1cc(C)nc(C(C)C)n1)C(=O)O. The fourth-order valence-corrected chi connectivity index (χ4v) is 1.92. The monoisotopic (exact) mass is 265 g/mol. The summed E-state index contributed by atoms with van der Waals surface area (Å²) in [5.41, 5.74) is -0.158. The van der Waals surface area contributed by atoms with Gasteiger partial charge < -0.3 is 10.4 Å².